The van der Waals surface area contributed by atoms with Crippen LogP contribution in [0, 0.1) is 0 Å². The zero-order valence-electron chi connectivity index (χ0n) is 10.7. The Morgan fingerprint density at radius 1 is 1.35 bits per heavy atom. The van der Waals surface area contributed by atoms with Crippen molar-refractivity contribution in [2.75, 3.05) is 19.8 Å². The van der Waals surface area contributed by atoms with Crippen molar-refractivity contribution in [2.24, 2.45) is 5.73 Å². The maximum atomic E-state index is 6.04. The Bertz CT molecular complexity index is 326. The summed E-state index contributed by atoms with van der Waals surface area (Å²) in [6.07, 6.45) is 0.958. The Morgan fingerprint density at radius 3 is 2.76 bits per heavy atom. The van der Waals surface area contributed by atoms with Gasteiger partial charge in [0.05, 0.1) is 6.61 Å². The fourth-order valence-electron chi connectivity index (χ4n) is 1.23. The van der Waals surface area contributed by atoms with Crippen LogP contribution in [0.1, 0.15) is 38.9 Å². The van der Waals surface area contributed by atoms with Crippen LogP contribution in [0.4, 0.5) is 0 Å². The molecule has 0 amide bonds. The quantitative estimate of drug-likeness (QED) is 0.691. The molecule has 6 nitrogen and oxygen atoms in total. The van der Waals surface area contributed by atoms with E-state index in [1.54, 1.807) is 0 Å². The van der Waals surface area contributed by atoms with Gasteiger partial charge >= 0.3 is 0 Å². The topological polar surface area (TPSA) is 83.4 Å². The first-order valence-corrected chi connectivity index (χ1v) is 5.87. The molecule has 1 unspecified atom stereocenters. The highest BCUT2D eigenvalue weighted by atomic mass is 16.5. The monoisotopic (exact) mass is 243 g/mol. The van der Waals surface area contributed by atoms with E-state index < -0.39 is 5.54 Å². The molecule has 0 saturated carbocycles. The van der Waals surface area contributed by atoms with Crippen LogP contribution < -0.4 is 5.73 Å². The lowest BCUT2D eigenvalue weighted by Crippen LogP contribution is -2.39. The van der Waals surface area contributed by atoms with Gasteiger partial charge in [-0.05, 0) is 20.3 Å². The Morgan fingerprint density at radius 2 is 2.12 bits per heavy atom. The molecule has 17 heavy (non-hydrogen) atoms. The Labute approximate surface area is 101 Å². The summed E-state index contributed by atoms with van der Waals surface area (Å²) in [5, 5.41) is 3.85. The Balaban J connectivity index is 2.53. The number of nitrogens with zero attached hydrogens (tertiary/aromatic N) is 2. The predicted molar refractivity (Wildman–Crippen MR) is 62.3 cm³/mol. The summed E-state index contributed by atoms with van der Waals surface area (Å²) >= 11 is 0. The summed E-state index contributed by atoms with van der Waals surface area (Å²) < 4.78 is 15.6. The van der Waals surface area contributed by atoms with Gasteiger partial charge in [-0.3, -0.25) is 0 Å². The van der Waals surface area contributed by atoms with E-state index in [-0.39, 0.29) is 0 Å². The van der Waals surface area contributed by atoms with Crippen LogP contribution in [-0.2, 0) is 21.6 Å². The highest BCUT2D eigenvalue weighted by Crippen LogP contribution is 2.15. The molecule has 0 aliphatic carbocycles. The second-order valence-electron chi connectivity index (χ2n) is 4.12. The molecule has 0 radical (unpaired) electrons. The van der Waals surface area contributed by atoms with E-state index >= 15 is 0 Å². The highest BCUT2D eigenvalue weighted by molar-refractivity contribution is 5.01. The molecule has 0 saturated heterocycles. The van der Waals surface area contributed by atoms with Gasteiger partial charge in [0.2, 0.25) is 0 Å². The highest BCUT2D eigenvalue weighted by Gasteiger charge is 2.27. The molecule has 0 aliphatic heterocycles. The molecule has 6 heteroatoms. The van der Waals surface area contributed by atoms with Gasteiger partial charge in [-0.1, -0.05) is 12.1 Å². The molecule has 0 bridgehead atoms. The lowest BCUT2D eigenvalue weighted by atomic mass is 10.1. The van der Waals surface area contributed by atoms with Crippen molar-refractivity contribution in [3.63, 3.8) is 0 Å². The minimum absolute atomic E-state index is 0.325. The predicted octanol–water partition coefficient (Wildman–Crippen LogP) is 1.21. The van der Waals surface area contributed by atoms with Gasteiger partial charge in [-0.15, -0.1) is 0 Å². The van der Waals surface area contributed by atoms with Crippen molar-refractivity contribution in [3.8, 4) is 0 Å². The van der Waals surface area contributed by atoms with Crippen molar-refractivity contribution in [1.29, 1.82) is 0 Å². The van der Waals surface area contributed by atoms with Crippen molar-refractivity contribution in [2.45, 2.75) is 39.3 Å². The maximum Gasteiger partial charge on any atom is 0.252 e. The standard InChI is InChI=1S/C11H21N3O3/c1-4-6-16-7-9-13-10(14-17-9)11(3,12)8-15-5-2/h4-8,12H2,1-3H3. The average molecular weight is 243 g/mol. The number of rotatable bonds is 8. The van der Waals surface area contributed by atoms with E-state index in [9.17, 15) is 0 Å². The van der Waals surface area contributed by atoms with Gasteiger partial charge in [0.25, 0.3) is 5.89 Å². The molecule has 98 valence electrons. The van der Waals surface area contributed by atoms with E-state index in [4.69, 9.17) is 19.7 Å². The lowest BCUT2D eigenvalue weighted by Gasteiger charge is -2.19. The third-order valence-corrected chi connectivity index (χ3v) is 2.16. The van der Waals surface area contributed by atoms with Gasteiger partial charge in [-0.25, -0.2) is 0 Å². The molecule has 1 rings (SSSR count). The SMILES string of the molecule is CCCOCc1nc(C(C)(N)COCC)no1. The average Bonchev–Trinajstić information content (AvgIpc) is 2.76. The summed E-state index contributed by atoms with van der Waals surface area (Å²) in [5.74, 6) is 0.891. The fourth-order valence-corrected chi connectivity index (χ4v) is 1.23. The zero-order chi connectivity index (χ0) is 12.7. The number of hydrogen-bond acceptors (Lipinski definition) is 6. The van der Waals surface area contributed by atoms with Crippen molar-refractivity contribution >= 4 is 0 Å². The first kappa shape index (κ1) is 14.1. The second kappa shape index (κ2) is 6.68. The Hall–Kier alpha value is -0.980. The van der Waals surface area contributed by atoms with Gasteiger partial charge < -0.3 is 19.7 Å². The largest absolute Gasteiger partial charge is 0.379 e. The molecule has 0 aromatic carbocycles. The van der Waals surface area contributed by atoms with Crippen molar-refractivity contribution < 1.29 is 14.0 Å². The summed E-state index contributed by atoms with van der Waals surface area (Å²) in [7, 11) is 0. The minimum Gasteiger partial charge on any atom is -0.379 e. The second-order valence-corrected chi connectivity index (χ2v) is 4.12. The Kier molecular flexibility index (Phi) is 5.54. The smallest absolute Gasteiger partial charge is 0.252 e. The fraction of sp³-hybridized carbons (Fsp3) is 0.818. The van der Waals surface area contributed by atoms with E-state index in [0.717, 1.165) is 6.42 Å². The van der Waals surface area contributed by atoms with Gasteiger partial charge in [0.1, 0.15) is 12.1 Å². The number of nitrogens with two attached hydrogens (primary N) is 1. The summed E-state index contributed by atoms with van der Waals surface area (Å²) in [5.41, 5.74) is 5.31. The molecule has 0 fully saturated rings. The first-order valence-electron chi connectivity index (χ1n) is 5.87. The lowest BCUT2D eigenvalue weighted by molar-refractivity contribution is 0.0953. The van der Waals surface area contributed by atoms with Crippen molar-refractivity contribution in [1.82, 2.24) is 10.1 Å². The van der Waals surface area contributed by atoms with E-state index in [1.165, 1.54) is 0 Å². The van der Waals surface area contributed by atoms with E-state index in [1.807, 2.05) is 20.8 Å². The molecule has 0 aliphatic rings. The van der Waals surface area contributed by atoms with Crippen molar-refractivity contribution in [3.05, 3.63) is 11.7 Å². The normalized spacial score (nSPS) is 14.8. The van der Waals surface area contributed by atoms with Crippen LogP contribution in [-0.4, -0.2) is 30.0 Å². The molecular weight excluding hydrogens is 222 g/mol. The molecule has 0 spiro atoms. The van der Waals surface area contributed by atoms with Gasteiger partial charge in [0, 0.05) is 13.2 Å². The maximum absolute atomic E-state index is 6.04. The van der Waals surface area contributed by atoms with Crippen LogP contribution in [0.3, 0.4) is 0 Å². The van der Waals surface area contributed by atoms with Crippen LogP contribution in [0.15, 0.2) is 4.52 Å². The molecule has 1 heterocycles. The minimum atomic E-state index is -0.734. The number of ether oxygens (including phenoxy) is 2. The van der Waals surface area contributed by atoms with Crippen LogP contribution in [0.25, 0.3) is 0 Å². The van der Waals surface area contributed by atoms with Crippen LogP contribution in [0.5, 0.6) is 0 Å². The van der Waals surface area contributed by atoms with E-state index in [2.05, 4.69) is 10.1 Å². The molecule has 2 N–H and O–H groups in total. The van der Waals surface area contributed by atoms with E-state index in [0.29, 0.717) is 38.1 Å². The first-order chi connectivity index (χ1) is 8.10. The van der Waals surface area contributed by atoms with Gasteiger partial charge in [-0.2, -0.15) is 4.98 Å². The van der Waals surface area contributed by atoms with Crippen LogP contribution in [0.2, 0.25) is 0 Å². The summed E-state index contributed by atoms with van der Waals surface area (Å²) in [4.78, 5) is 4.20. The summed E-state index contributed by atoms with van der Waals surface area (Å²) in [6, 6.07) is 0. The molecule has 1 atom stereocenters. The molecule has 1 aromatic heterocycles. The third kappa shape index (κ3) is 4.41. The zero-order valence-corrected chi connectivity index (χ0v) is 10.7. The number of hydrogen-bond donors (Lipinski definition) is 1. The summed E-state index contributed by atoms with van der Waals surface area (Å²) in [6.45, 7) is 7.73. The van der Waals surface area contributed by atoms with Crippen LogP contribution >= 0.6 is 0 Å². The third-order valence-electron chi connectivity index (χ3n) is 2.16. The van der Waals surface area contributed by atoms with Gasteiger partial charge in [0.15, 0.2) is 5.82 Å². The number of aromatic nitrogens is 2. The molecular formula is C11H21N3O3. The molecule has 1 aromatic rings.